The van der Waals surface area contributed by atoms with Crippen molar-refractivity contribution in [3.05, 3.63) is 0 Å². The number of thiocarbonyl (C=S) groups is 2. The van der Waals surface area contributed by atoms with E-state index in [1.165, 1.54) is 0 Å². The first-order valence-electron chi connectivity index (χ1n) is 3.63. The maximum atomic E-state index is 5.27. The van der Waals surface area contributed by atoms with Crippen LogP contribution < -0.4 is 11.1 Å². The molecule has 0 saturated carbocycles. The SMILES string of the molecule is NC(=S)NC(=S)N1CCOCC1. The van der Waals surface area contributed by atoms with E-state index >= 15 is 0 Å². The van der Waals surface area contributed by atoms with Gasteiger partial charge in [-0.3, -0.25) is 0 Å². The zero-order chi connectivity index (χ0) is 8.97. The first kappa shape index (κ1) is 9.63. The zero-order valence-electron chi connectivity index (χ0n) is 6.58. The summed E-state index contributed by atoms with van der Waals surface area (Å²) in [7, 11) is 0. The summed E-state index contributed by atoms with van der Waals surface area (Å²) in [6.45, 7) is 3.02. The molecule has 0 aromatic rings. The topological polar surface area (TPSA) is 50.5 Å². The smallest absolute Gasteiger partial charge is 0.175 e. The Bertz CT molecular complexity index is 191. The second kappa shape index (κ2) is 4.54. The van der Waals surface area contributed by atoms with E-state index in [1.54, 1.807) is 0 Å². The molecule has 0 aromatic carbocycles. The average Bonchev–Trinajstić information content (AvgIpc) is 2.05. The third kappa shape index (κ3) is 2.88. The summed E-state index contributed by atoms with van der Waals surface area (Å²) in [6.07, 6.45) is 0. The molecule has 1 saturated heterocycles. The van der Waals surface area contributed by atoms with Gasteiger partial charge in [-0.25, -0.2) is 0 Å². The minimum atomic E-state index is 0.214. The van der Waals surface area contributed by atoms with Crippen LogP contribution in [0.5, 0.6) is 0 Å². The number of hydrogen-bond acceptors (Lipinski definition) is 3. The van der Waals surface area contributed by atoms with Crippen molar-refractivity contribution in [2.24, 2.45) is 5.73 Å². The minimum Gasteiger partial charge on any atom is -0.378 e. The van der Waals surface area contributed by atoms with Crippen molar-refractivity contribution in [2.75, 3.05) is 26.3 Å². The first-order chi connectivity index (χ1) is 5.70. The van der Waals surface area contributed by atoms with Gasteiger partial charge in [-0.2, -0.15) is 0 Å². The van der Waals surface area contributed by atoms with Gasteiger partial charge in [0, 0.05) is 13.1 Å². The number of hydrogen-bond donors (Lipinski definition) is 2. The molecule has 0 spiro atoms. The van der Waals surface area contributed by atoms with Crippen molar-refractivity contribution >= 4 is 34.7 Å². The summed E-state index contributed by atoms with van der Waals surface area (Å²) in [5.74, 6) is 0. The Morgan fingerprint density at radius 1 is 1.33 bits per heavy atom. The summed E-state index contributed by atoms with van der Waals surface area (Å²) in [4.78, 5) is 1.98. The lowest BCUT2D eigenvalue weighted by atomic mass is 10.4. The minimum absolute atomic E-state index is 0.214. The predicted molar refractivity (Wildman–Crippen MR) is 54.9 cm³/mol. The number of morpholine rings is 1. The molecule has 3 N–H and O–H groups in total. The highest BCUT2D eigenvalue weighted by Gasteiger charge is 2.13. The largest absolute Gasteiger partial charge is 0.378 e. The van der Waals surface area contributed by atoms with E-state index in [0.717, 1.165) is 13.1 Å². The summed E-state index contributed by atoms with van der Waals surface area (Å²) >= 11 is 9.70. The van der Waals surface area contributed by atoms with Crippen LogP contribution in [0.3, 0.4) is 0 Å². The van der Waals surface area contributed by atoms with Crippen LogP contribution in [0.2, 0.25) is 0 Å². The Balaban J connectivity index is 2.34. The fourth-order valence-corrected chi connectivity index (χ4v) is 1.40. The molecule has 12 heavy (non-hydrogen) atoms. The quantitative estimate of drug-likeness (QED) is 0.517. The molecule has 0 radical (unpaired) electrons. The number of nitrogens with zero attached hydrogens (tertiary/aromatic N) is 1. The van der Waals surface area contributed by atoms with Crippen LogP contribution in [0.1, 0.15) is 0 Å². The number of nitrogens with two attached hydrogens (primary N) is 1. The summed E-state index contributed by atoms with van der Waals surface area (Å²) < 4.78 is 5.16. The number of rotatable bonds is 0. The Labute approximate surface area is 82.0 Å². The molecule has 0 bridgehead atoms. The van der Waals surface area contributed by atoms with Gasteiger partial charge in [-0.05, 0) is 24.4 Å². The van der Waals surface area contributed by atoms with Crippen LogP contribution in [0.4, 0.5) is 0 Å². The molecule has 1 aliphatic heterocycles. The van der Waals surface area contributed by atoms with Gasteiger partial charge in [0.2, 0.25) is 0 Å². The molecule has 1 fully saturated rings. The molecule has 0 aromatic heterocycles. The molecule has 0 unspecified atom stereocenters. The summed E-state index contributed by atoms with van der Waals surface area (Å²) in [5.41, 5.74) is 5.27. The van der Waals surface area contributed by atoms with Crippen molar-refractivity contribution in [1.82, 2.24) is 10.2 Å². The molecule has 6 heteroatoms. The Kier molecular flexibility index (Phi) is 3.64. The molecular weight excluding hydrogens is 194 g/mol. The Hall–Kier alpha value is -0.460. The normalized spacial score (nSPS) is 17.2. The van der Waals surface area contributed by atoms with Crippen LogP contribution in [0.15, 0.2) is 0 Å². The molecule has 4 nitrogen and oxygen atoms in total. The Morgan fingerprint density at radius 3 is 2.42 bits per heavy atom. The van der Waals surface area contributed by atoms with E-state index in [-0.39, 0.29) is 5.11 Å². The monoisotopic (exact) mass is 205 g/mol. The summed E-state index contributed by atoms with van der Waals surface area (Å²) in [5, 5.41) is 3.53. The second-order valence-electron chi connectivity index (χ2n) is 2.39. The highest BCUT2D eigenvalue weighted by atomic mass is 32.1. The van der Waals surface area contributed by atoms with Gasteiger partial charge in [0.25, 0.3) is 0 Å². The summed E-state index contributed by atoms with van der Waals surface area (Å²) in [6, 6.07) is 0. The first-order valence-corrected chi connectivity index (χ1v) is 4.45. The lowest BCUT2D eigenvalue weighted by Crippen LogP contribution is -2.49. The van der Waals surface area contributed by atoms with Crippen molar-refractivity contribution in [3.63, 3.8) is 0 Å². The van der Waals surface area contributed by atoms with Crippen molar-refractivity contribution in [3.8, 4) is 0 Å². The highest BCUT2D eigenvalue weighted by molar-refractivity contribution is 7.81. The van der Waals surface area contributed by atoms with Crippen LogP contribution in [0, 0.1) is 0 Å². The fourth-order valence-electron chi connectivity index (χ4n) is 0.951. The maximum Gasteiger partial charge on any atom is 0.175 e. The molecule has 1 heterocycles. The van der Waals surface area contributed by atoms with Gasteiger partial charge in [0.1, 0.15) is 0 Å². The van der Waals surface area contributed by atoms with Crippen LogP contribution in [-0.2, 0) is 4.74 Å². The van der Waals surface area contributed by atoms with E-state index in [2.05, 4.69) is 17.5 Å². The van der Waals surface area contributed by atoms with E-state index in [9.17, 15) is 0 Å². The molecule has 1 rings (SSSR count). The number of ether oxygens (including phenoxy) is 1. The second-order valence-corrected chi connectivity index (χ2v) is 3.22. The third-order valence-corrected chi connectivity index (χ3v) is 1.99. The highest BCUT2D eigenvalue weighted by Crippen LogP contribution is 1.96. The molecule has 68 valence electrons. The van der Waals surface area contributed by atoms with Gasteiger partial charge < -0.3 is 20.7 Å². The Morgan fingerprint density at radius 2 is 1.92 bits per heavy atom. The van der Waals surface area contributed by atoms with Gasteiger partial charge in [0.15, 0.2) is 10.2 Å². The van der Waals surface area contributed by atoms with Gasteiger partial charge >= 0.3 is 0 Å². The van der Waals surface area contributed by atoms with Gasteiger partial charge in [0.05, 0.1) is 13.2 Å². The number of nitrogens with one attached hydrogen (secondary N) is 1. The maximum absolute atomic E-state index is 5.27. The van der Waals surface area contributed by atoms with Gasteiger partial charge in [-0.15, -0.1) is 0 Å². The predicted octanol–water partition coefficient (Wildman–Crippen LogP) is -0.563. The van der Waals surface area contributed by atoms with Crippen LogP contribution in [0.25, 0.3) is 0 Å². The van der Waals surface area contributed by atoms with E-state index in [4.69, 9.17) is 22.7 Å². The van der Waals surface area contributed by atoms with Crippen molar-refractivity contribution in [1.29, 1.82) is 0 Å². The van der Waals surface area contributed by atoms with E-state index in [0.29, 0.717) is 18.3 Å². The lowest BCUT2D eigenvalue weighted by molar-refractivity contribution is 0.0681. The molecule has 1 aliphatic rings. The molecular formula is C6H11N3OS2. The molecule has 0 atom stereocenters. The molecule has 0 amide bonds. The van der Waals surface area contributed by atoms with Crippen LogP contribution >= 0.6 is 24.4 Å². The van der Waals surface area contributed by atoms with Gasteiger partial charge in [-0.1, -0.05) is 0 Å². The standard InChI is InChI=1S/C6H11N3OS2/c7-5(11)8-6(12)9-1-3-10-4-2-9/h1-4H2,(H3,7,8,11,12). The van der Waals surface area contributed by atoms with Crippen LogP contribution in [-0.4, -0.2) is 41.4 Å². The van der Waals surface area contributed by atoms with E-state index < -0.39 is 0 Å². The average molecular weight is 205 g/mol. The van der Waals surface area contributed by atoms with Crippen molar-refractivity contribution in [2.45, 2.75) is 0 Å². The van der Waals surface area contributed by atoms with E-state index in [1.807, 2.05) is 4.90 Å². The zero-order valence-corrected chi connectivity index (χ0v) is 8.21. The molecule has 0 aliphatic carbocycles. The van der Waals surface area contributed by atoms with Crippen molar-refractivity contribution < 1.29 is 4.74 Å². The fraction of sp³-hybridized carbons (Fsp3) is 0.667. The lowest BCUT2D eigenvalue weighted by Gasteiger charge is -2.28. The third-order valence-electron chi connectivity index (χ3n) is 1.53.